The number of halogens is 1. The molecule has 1 heterocycles. The standard InChI is InChI=1S/C15H16BrN3O4S2/c1-6-7(2)11(6)19-25(22,23)8-4-9-12(10(16)5-8)17-15(24-3)18-13(9)14(20)21/h4-7,11,19H,1-3H3,(H,20,21). The van der Waals surface area contributed by atoms with E-state index in [1.54, 1.807) is 6.26 Å². The molecule has 2 N–H and O–H groups in total. The van der Waals surface area contributed by atoms with Crippen molar-refractivity contribution in [3.63, 3.8) is 0 Å². The molecule has 0 aliphatic heterocycles. The molecular formula is C15H16BrN3O4S2. The van der Waals surface area contributed by atoms with Crippen LogP contribution in [0.25, 0.3) is 10.9 Å². The Bertz CT molecular complexity index is 972. The number of rotatable bonds is 5. The summed E-state index contributed by atoms with van der Waals surface area (Å²) in [7, 11) is -3.77. The summed E-state index contributed by atoms with van der Waals surface area (Å²) in [6.45, 7) is 3.96. The lowest BCUT2D eigenvalue weighted by molar-refractivity contribution is 0.0692. The van der Waals surface area contributed by atoms with Gasteiger partial charge in [0.05, 0.1) is 10.4 Å². The van der Waals surface area contributed by atoms with Crippen molar-refractivity contribution in [3.8, 4) is 0 Å². The smallest absolute Gasteiger partial charge is 0.355 e. The molecular weight excluding hydrogens is 430 g/mol. The molecule has 1 aliphatic carbocycles. The Labute approximate surface area is 157 Å². The average Bonchev–Trinajstić information content (AvgIpc) is 3.11. The Balaban J connectivity index is 2.15. The van der Waals surface area contributed by atoms with Crippen LogP contribution >= 0.6 is 27.7 Å². The van der Waals surface area contributed by atoms with Crippen molar-refractivity contribution >= 4 is 54.6 Å². The topological polar surface area (TPSA) is 109 Å². The molecule has 0 bridgehead atoms. The van der Waals surface area contributed by atoms with Crippen molar-refractivity contribution in [1.29, 1.82) is 0 Å². The molecule has 10 heteroatoms. The quantitative estimate of drug-likeness (QED) is 0.537. The highest BCUT2D eigenvalue weighted by molar-refractivity contribution is 9.10. The van der Waals surface area contributed by atoms with Crippen LogP contribution in [0.3, 0.4) is 0 Å². The zero-order chi connectivity index (χ0) is 18.5. The lowest BCUT2D eigenvalue weighted by Gasteiger charge is -2.10. The van der Waals surface area contributed by atoms with Gasteiger partial charge in [0, 0.05) is 15.9 Å². The van der Waals surface area contributed by atoms with Gasteiger partial charge in [-0.2, -0.15) is 0 Å². The van der Waals surface area contributed by atoms with Crippen molar-refractivity contribution in [3.05, 3.63) is 22.3 Å². The second kappa shape index (κ2) is 6.49. The van der Waals surface area contributed by atoms with Crippen molar-refractivity contribution < 1.29 is 18.3 Å². The molecule has 1 aliphatic rings. The first-order valence-corrected chi connectivity index (χ1v) is 11.0. The monoisotopic (exact) mass is 445 g/mol. The van der Waals surface area contributed by atoms with Gasteiger partial charge in [-0.3, -0.25) is 0 Å². The van der Waals surface area contributed by atoms with Crippen molar-refractivity contribution in [2.75, 3.05) is 6.26 Å². The van der Waals surface area contributed by atoms with E-state index in [-0.39, 0.29) is 33.9 Å². The minimum Gasteiger partial charge on any atom is -0.476 e. The Hall–Kier alpha value is -1.23. The van der Waals surface area contributed by atoms with E-state index < -0.39 is 16.0 Å². The van der Waals surface area contributed by atoms with Crippen LogP contribution in [-0.2, 0) is 10.0 Å². The van der Waals surface area contributed by atoms with Crippen LogP contribution in [0.2, 0.25) is 0 Å². The summed E-state index contributed by atoms with van der Waals surface area (Å²) in [4.78, 5) is 19.8. The Kier molecular flexibility index (Phi) is 4.82. The summed E-state index contributed by atoms with van der Waals surface area (Å²) in [6, 6.07) is 2.65. The predicted molar refractivity (Wildman–Crippen MR) is 98.4 cm³/mol. The molecule has 2 aromatic rings. The zero-order valence-electron chi connectivity index (χ0n) is 13.6. The highest BCUT2D eigenvalue weighted by atomic mass is 79.9. The minimum atomic E-state index is -3.77. The Morgan fingerprint density at radius 3 is 2.44 bits per heavy atom. The maximum atomic E-state index is 12.6. The van der Waals surface area contributed by atoms with Crippen LogP contribution in [0.5, 0.6) is 0 Å². The Morgan fingerprint density at radius 2 is 1.92 bits per heavy atom. The molecule has 1 aromatic carbocycles. The van der Waals surface area contributed by atoms with E-state index in [9.17, 15) is 18.3 Å². The third kappa shape index (κ3) is 3.40. The number of fused-ring (bicyclic) bond motifs is 1. The van der Waals surface area contributed by atoms with Crippen LogP contribution in [0.4, 0.5) is 0 Å². The number of carbonyl (C=O) groups is 1. The second-order valence-corrected chi connectivity index (χ2v) is 9.37. The fourth-order valence-electron chi connectivity index (χ4n) is 2.68. The van der Waals surface area contributed by atoms with Gasteiger partial charge in [-0.25, -0.2) is 27.9 Å². The first-order chi connectivity index (χ1) is 11.7. The van der Waals surface area contributed by atoms with E-state index >= 15 is 0 Å². The Morgan fingerprint density at radius 1 is 1.28 bits per heavy atom. The third-order valence-corrected chi connectivity index (χ3v) is 7.11. The molecule has 134 valence electrons. The molecule has 0 spiro atoms. The number of carboxylic acids is 1. The van der Waals surface area contributed by atoms with E-state index in [1.165, 1.54) is 23.9 Å². The highest BCUT2D eigenvalue weighted by Crippen LogP contribution is 2.39. The maximum absolute atomic E-state index is 12.6. The van der Waals surface area contributed by atoms with Crippen molar-refractivity contribution in [1.82, 2.24) is 14.7 Å². The van der Waals surface area contributed by atoms with E-state index in [4.69, 9.17) is 0 Å². The van der Waals surface area contributed by atoms with Crippen LogP contribution in [-0.4, -0.2) is 41.8 Å². The fraction of sp³-hybridized carbons (Fsp3) is 0.400. The van der Waals surface area contributed by atoms with E-state index in [0.29, 0.717) is 15.1 Å². The SMILES string of the molecule is CSc1nc(C(=O)O)c2cc(S(=O)(=O)NC3C(C)C3C)cc(Br)c2n1. The summed E-state index contributed by atoms with van der Waals surface area (Å²) in [5, 5.41) is 9.92. The van der Waals surface area contributed by atoms with Crippen LogP contribution in [0.15, 0.2) is 26.7 Å². The number of thioether (sulfide) groups is 1. The van der Waals surface area contributed by atoms with Crippen LogP contribution < -0.4 is 4.72 Å². The number of aromatic nitrogens is 2. The number of aromatic carboxylic acids is 1. The largest absolute Gasteiger partial charge is 0.476 e. The molecule has 2 atom stereocenters. The van der Waals surface area contributed by atoms with Gasteiger partial charge in [0.1, 0.15) is 0 Å². The number of benzene rings is 1. The molecule has 2 unspecified atom stereocenters. The molecule has 3 rings (SSSR count). The number of carboxylic acid groups (broad SMARTS) is 1. The lowest BCUT2D eigenvalue weighted by atomic mass is 10.2. The van der Waals surface area contributed by atoms with E-state index in [0.717, 1.165) is 0 Å². The lowest BCUT2D eigenvalue weighted by Crippen LogP contribution is -2.27. The van der Waals surface area contributed by atoms with Crippen LogP contribution in [0, 0.1) is 11.8 Å². The molecule has 25 heavy (non-hydrogen) atoms. The maximum Gasteiger partial charge on any atom is 0.355 e. The van der Waals surface area contributed by atoms with Gasteiger partial charge in [-0.05, 0) is 46.2 Å². The highest BCUT2D eigenvalue weighted by Gasteiger charge is 2.45. The molecule has 1 fully saturated rings. The number of hydrogen-bond acceptors (Lipinski definition) is 6. The van der Waals surface area contributed by atoms with Gasteiger partial charge in [0.25, 0.3) is 0 Å². The van der Waals surface area contributed by atoms with Gasteiger partial charge in [0.15, 0.2) is 10.9 Å². The normalized spacial score (nSPS) is 23.0. The van der Waals surface area contributed by atoms with Gasteiger partial charge >= 0.3 is 5.97 Å². The third-order valence-electron chi connectivity index (χ3n) is 4.51. The summed E-state index contributed by atoms with van der Waals surface area (Å²) < 4.78 is 28.4. The molecule has 0 amide bonds. The summed E-state index contributed by atoms with van der Waals surface area (Å²) in [5.74, 6) is -0.678. The first kappa shape index (κ1) is 18.6. The molecule has 7 nitrogen and oxygen atoms in total. The van der Waals surface area contributed by atoms with Gasteiger partial charge in [-0.1, -0.05) is 25.6 Å². The fourth-order valence-corrected chi connectivity index (χ4v) is 5.21. The molecule has 0 saturated heterocycles. The second-order valence-electron chi connectivity index (χ2n) is 6.03. The minimum absolute atomic E-state index is 0.0128. The molecule has 0 radical (unpaired) electrons. The van der Waals surface area contributed by atoms with Gasteiger partial charge in [-0.15, -0.1) is 0 Å². The number of hydrogen-bond donors (Lipinski definition) is 2. The summed E-state index contributed by atoms with van der Waals surface area (Å²) >= 11 is 4.52. The van der Waals surface area contributed by atoms with Crippen molar-refractivity contribution in [2.24, 2.45) is 11.8 Å². The van der Waals surface area contributed by atoms with E-state index in [1.807, 2.05) is 13.8 Å². The van der Waals surface area contributed by atoms with Gasteiger partial charge in [0.2, 0.25) is 10.0 Å². The molecule has 1 aromatic heterocycles. The number of nitrogens with one attached hydrogen (secondary N) is 1. The van der Waals surface area contributed by atoms with Crippen molar-refractivity contribution in [2.45, 2.75) is 29.9 Å². The molecule has 1 saturated carbocycles. The number of nitrogens with zero attached hydrogens (tertiary/aromatic N) is 2. The number of sulfonamides is 1. The van der Waals surface area contributed by atoms with Gasteiger partial charge < -0.3 is 5.11 Å². The summed E-state index contributed by atoms with van der Waals surface area (Å²) in [5.41, 5.74) is 0.143. The van der Waals surface area contributed by atoms with E-state index in [2.05, 4.69) is 30.6 Å². The zero-order valence-corrected chi connectivity index (χ0v) is 16.9. The van der Waals surface area contributed by atoms with Crippen LogP contribution in [0.1, 0.15) is 24.3 Å². The first-order valence-electron chi connectivity index (χ1n) is 7.46. The summed E-state index contributed by atoms with van der Waals surface area (Å²) in [6.07, 6.45) is 1.74. The predicted octanol–water partition coefficient (Wildman–Crippen LogP) is 2.75. The average molecular weight is 446 g/mol.